The van der Waals surface area contributed by atoms with E-state index in [1.807, 2.05) is 103 Å². The number of hydrogen-bond donors (Lipinski definition) is 0. The fraction of sp³-hybridized carbons (Fsp3) is 0. The molecular formula is C57H33N5. The number of fused-ring (bicyclic) bond motifs is 3. The maximum Gasteiger partial charge on any atom is 0.164 e. The first kappa shape index (κ1) is 36.3. The molecule has 11 rings (SSSR count). The average Bonchev–Trinajstić information content (AvgIpc) is 3.68. The van der Waals surface area contributed by atoms with Crippen molar-refractivity contribution < 1.29 is 0 Å². The van der Waals surface area contributed by atoms with Crippen molar-refractivity contribution in [3.05, 3.63) is 211 Å². The highest BCUT2D eigenvalue weighted by Crippen LogP contribution is 2.49. The highest BCUT2D eigenvalue weighted by molar-refractivity contribution is 6.16. The number of benzene rings is 9. The summed E-state index contributed by atoms with van der Waals surface area (Å²) in [6, 6.07) is 72.8. The Hall–Kier alpha value is -8.77. The highest BCUT2D eigenvalue weighted by Gasteiger charge is 2.23. The SMILES string of the molecule is N#Cc1cc(-c2cccc(-c3nc(-c4ccccc4)nc(-c4ccc(-c5ccccc5)c(C#N)c4)n3)c2)cc(-c2ccccc2-c2cc3c4c(cccc4c2)-c2ccccc2-3)c1. The van der Waals surface area contributed by atoms with Crippen LogP contribution in [0, 0.1) is 22.7 Å². The fourth-order valence-corrected chi connectivity index (χ4v) is 8.81. The smallest absolute Gasteiger partial charge is 0.164 e. The van der Waals surface area contributed by atoms with Crippen LogP contribution in [0.5, 0.6) is 0 Å². The van der Waals surface area contributed by atoms with Gasteiger partial charge in [0.25, 0.3) is 0 Å². The predicted octanol–water partition coefficient (Wildman–Crippen LogP) is 14.1. The van der Waals surface area contributed by atoms with Crippen LogP contribution >= 0.6 is 0 Å². The molecule has 0 unspecified atom stereocenters. The minimum absolute atomic E-state index is 0.465. The monoisotopic (exact) mass is 787 g/mol. The quantitative estimate of drug-likeness (QED) is 0.161. The lowest BCUT2D eigenvalue weighted by Crippen LogP contribution is -2.00. The molecular weight excluding hydrogens is 755 g/mol. The van der Waals surface area contributed by atoms with Crippen molar-refractivity contribution in [2.24, 2.45) is 0 Å². The largest absolute Gasteiger partial charge is 0.208 e. The highest BCUT2D eigenvalue weighted by atomic mass is 15.0. The van der Waals surface area contributed by atoms with Gasteiger partial charge in [0, 0.05) is 16.7 Å². The van der Waals surface area contributed by atoms with Crippen LogP contribution in [-0.4, -0.2) is 15.0 Å². The molecule has 0 atom stereocenters. The Morgan fingerprint density at radius 2 is 0.806 bits per heavy atom. The van der Waals surface area contributed by atoms with Crippen molar-refractivity contribution >= 4 is 10.8 Å². The Balaban J connectivity index is 1.01. The molecule has 0 saturated heterocycles. The van der Waals surface area contributed by atoms with E-state index in [1.165, 1.54) is 33.0 Å². The first-order valence-corrected chi connectivity index (χ1v) is 20.5. The molecule has 0 aliphatic heterocycles. The van der Waals surface area contributed by atoms with Crippen molar-refractivity contribution in [2.75, 3.05) is 0 Å². The molecule has 0 radical (unpaired) electrons. The maximum atomic E-state index is 10.4. The lowest BCUT2D eigenvalue weighted by atomic mass is 9.89. The normalized spacial score (nSPS) is 11.2. The van der Waals surface area contributed by atoms with Crippen molar-refractivity contribution in [3.63, 3.8) is 0 Å². The molecule has 9 aromatic carbocycles. The Morgan fingerprint density at radius 3 is 1.50 bits per heavy atom. The van der Waals surface area contributed by atoms with Gasteiger partial charge in [0.15, 0.2) is 17.5 Å². The van der Waals surface area contributed by atoms with Gasteiger partial charge in [-0.1, -0.05) is 158 Å². The molecule has 1 aliphatic carbocycles. The Kier molecular flexibility index (Phi) is 8.85. The summed E-state index contributed by atoms with van der Waals surface area (Å²) in [5, 5.41) is 23.1. The van der Waals surface area contributed by atoms with Crippen LogP contribution in [0.1, 0.15) is 11.1 Å². The molecule has 5 nitrogen and oxygen atoms in total. The minimum atomic E-state index is 0.465. The van der Waals surface area contributed by atoms with Gasteiger partial charge in [-0.25, -0.2) is 15.0 Å². The molecule has 1 aromatic heterocycles. The summed E-state index contributed by atoms with van der Waals surface area (Å²) in [5.74, 6) is 1.49. The van der Waals surface area contributed by atoms with Crippen LogP contribution in [0.4, 0.5) is 0 Å². The second-order valence-electron chi connectivity index (χ2n) is 15.4. The molecule has 62 heavy (non-hydrogen) atoms. The third kappa shape index (κ3) is 6.39. The zero-order valence-corrected chi connectivity index (χ0v) is 33.3. The second-order valence-corrected chi connectivity index (χ2v) is 15.4. The lowest BCUT2D eigenvalue weighted by molar-refractivity contribution is 1.07. The van der Waals surface area contributed by atoms with E-state index in [9.17, 15) is 10.5 Å². The van der Waals surface area contributed by atoms with E-state index in [0.29, 0.717) is 34.2 Å². The molecule has 1 aliphatic rings. The van der Waals surface area contributed by atoms with Crippen LogP contribution < -0.4 is 0 Å². The number of aromatic nitrogens is 3. The van der Waals surface area contributed by atoms with Crippen molar-refractivity contribution in [1.82, 2.24) is 15.0 Å². The molecule has 0 bridgehead atoms. The third-order valence-corrected chi connectivity index (χ3v) is 11.7. The summed E-state index contributed by atoms with van der Waals surface area (Å²) >= 11 is 0. The van der Waals surface area contributed by atoms with Gasteiger partial charge in [0.05, 0.1) is 23.3 Å². The molecule has 0 spiro atoms. The standard InChI is InChI=1S/C57H33N5/c58-34-36-27-43(32-44(28-36)48-20-7-8-21-49(48)45-30-40-18-12-24-52-50-22-9-10-23-51(50)53(33-45)54(40)52)39-17-11-19-41(29-39)56-60-55(38-15-5-2-6-16-38)61-57(62-56)42-25-26-47(46(31-42)35-59)37-13-3-1-4-14-37/h1-33H. The molecule has 0 fully saturated rings. The second kappa shape index (κ2) is 15.1. The number of rotatable bonds is 7. The van der Waals surface area contributed by atoms with E-state index in [-0.39, 0.29) is 0 Å². The predicted molar refractivity (Wildman–Crippen MR) is 249 cm³/mol. The van der Waals surface area contributed by atoms with E-state index in [4.69, 9.17) is 15.0 Å². The zero-order valence-electron chi connectivity index (χ0n) is 33.3. The van der Waals surface area contributed by atoms with Gasteiger partial charge >= 0.3 is 0 Å². The van der Waals surface area contributed by atoms with E-state index >= 15 is 0 Å². The molecule has 10 aromatic rings. The van der Waals surface area contributed by atoms with E-state index in [1.54, 1.807) is 0 Å². The summed E-state index contributed by atoms with van der Waals surface area (Å²) in [4.78, 5) is 15.0. The summed E-state index contributed by atoms with van der Waals surface area (Å²) in [6.07, 6.45) is 0. The maximum absolute atomic E-state index is 10.4. The van der Waals surface area contributed by atoms with Crippen LogP contribution in [0.2, 0.25) is 0 Å². The molecule has 0 amide bonds. The zero-order chi connectivity index (χ0) is 41.6. The van der Waals surface area contributed by atoms with Gasteiger partial charge in [-0.2, -0.15) is 10.5 Å². The molecule has 5 heteroatoms. The van der Waals surface area contributed by atoms with E-state index in [0.717, 1.165) is 55.6 Å². The summed E-state index contributed by atoms with van der Waals surface area (Å²) < 4.78 is 0. The minimum Gasteiger partial charge on any atom is -0.208 e. The van der Waals surface area contributed by atoms with Gasteiger partial charge in [-0.15, -0.1) is 0 Å². The molecule has 286 valence electrons. The van der Waals surface area contributed by atoms with Crippen molar-refractivity contribution in [2.45, 2.75) is 0 Å². The number of nitrogens with zero attached hydrogens (tertiary/aromatic N) is 5. The lowest BCUT2D eigenvalue weighted by Gasteiger charge is -2.15. The first-order chi connectivity index (χ1) is 30.6. The number of nitriles is 2. The topological polar surface area (TPSA) is 86.2 Å². The Labute approximate surface area is 359 Å². The van der Waals surface area contributed by atoms with Crippen LogP contribution in [0.15, 0.2) is 200 Å². The van der Waals surface area contributed by atoms with Crippen LogP contribution in [0.3, 0.4) is 0 Å². The summed E-state index contributed by atoms with van der Waals surface area (Å²) in [5.41, 5.74) is 16.3. The van der Waals surface area contributed by atoms with Crippen molar-refractivity contribution in [1.29, 1.82) is 10.5 Å². The molecule has 1 heterocycles. The van der Waals surface area contributed by atoms with Crippen LogP contribution in [0.25, 0.3) is 112 Å². The Bertz CT molecular complexity index is 3490. The van der Waals surface area contributed by atoms with Gasteiger partial charge < -0.3 is 0 Å². The molecule has 0 saturated carbocycles. The van der Waals surface area contributed by atoms with Gasteiger partial charge in [-0.3, -0.25) is 0 Å². The van der Waals surface area contributed by atoms with Gasteiger partial charge in [0.1, 0.15) is 0 Å². The Morgan fingerprint density at radius 1 is 0.290 bits per heavy atom. The van der Waals surface area contributed by atoms with E-state index < -0.39 is 0 Å². The van der Waals surface area contributed by atoms with Crippen LogP contribution in [-0.2, 0) is 0 Å². The van der Waals surface area contributed by atoms with Gasteiger partial charge in [-0.05, 0) is 120 Å². The fourth-order valence-electron chi connectivity index (χ4n) is 8.81. The number of hydrogen-bond acceptors (Lipinski definition) is 5. The summed E-state index contributed by atoms with van der Waals surface area (Å²) in [6.45, 7) is 0. The third-order valence-electron chi connectivity index (χ3n) is 11.7. The first-order valence-electron chi connectivity index (χ1n) is 20.5. The van der Waals surface area contributed by atoms with Crippen molar-refractivity contribution in [3.8, 4) is 113 Å². The average molecular weight is 788 g/mol. The van der Waals surface area contributed by atoms with E-state index in [2.05, 4.69) is 109 Å². The summed E-state index contributed by atoms with van der Waals surface area (Å²) in [7, 11) is 0. The molecule has 0 N–H and O–H groups in total. The van der Waals surface area contributed by atoms with Gasteiger partial charge in [0.2, 0.25) is 0 Å².